The summed E-state index contributed by atoms with van der Waals surface area (Å²) in [6.45, 7) is 6.52. The van der Waals surface area contributed by atoms with E-state index in [0.29, 0.717) is 16.1 Å². The van der Waals surface area contributed by atoms with E-state index in [1.54, 1.807) is 38.1 Å². The summed E-state index contributed by atoms with van der Waals surface area (Å²) in [4.78, 5) is 53.0. The highest BCUT2D eigenvalue weighted by Gasteiger charge is 2.34. The predicted molar refractivity (Wildman–Crippen MR) is 155 cm³/mol. The van der Waals surface area contributed by atoms with E-state index >= 15 is 0 Å². The smallest absolute Gasteiger partial charge is 0.414 e. The number of amides is 4. The van der Waals surface area contributed by atoms with E-state index in [0.717, 1.165) is 0 Å². The van der Waals surface area contributed by atoms with Crippen molar-refractivity contribution >= 4 is 70.2 Å². The van der Waals surface area contributed by atoms with Crippen molar-refractivity contribution in [2.45, 2.75) is 33.1 Å². The number of nitrogens with zero attached hydrogens (tertiary/aromatic N) is 3. The zero-order valence-corrected chi connectivity index (χ0v) is 25.0. The lowest BCUT2D eigenvalue weighted by Gasteiger charge is -2.24. The second kappa shape index (κ2) is 14.1. The van der Waals surface area contributed by atoms with Gasteiger partial charge in [0.15, 0.2) is 5.82 Å². The number of benzene rings is 2. The molecule has 0 unspecified atom stereocenters. The minimum absolute atomic E-state index is 0.0380. The molecule has 0 fully saturated rings. The Morgan fingerprint density at radius 1 is 0.905 bits per heavy atom. The van der Waals surface area contributed by atoms with Gasteiger partial charge in [0.25, 0.3) is 17.7 Å². The zero-order chi connectivity index (χ0) is 31.0. The fourth-order valence-electron chi connectivity index (χ4n) is 3.53. The Morgan fingerprint density at radius 2 is 1.45 bits per heavy atom. The first-order chi connectivity index (χ1) is 19.9. The number of rotatable bonds is 9. The van der Waals surface area contributed by atoms with Gasteiger partial charge in [-0.25, -0.2) is 9.59 Å². The van der Waals surface area contributed by atoms with Crippen LogP contribution in [-0.4, -0.2) is 53.1 Å². The molecular weight excluding hydrogens is 615 g/mol. The van der Waals surface area contributed by atoms with Crippen molar-refractivity contribution in [1.82, 2.24) is 20.8 Å². The Labute approximate surface area is 254 Å². The quantitative estimate of drug-likeness (QED) is 0.158. The average Bonchev–Trinajstić information content (AvgIpc) is 3.40. The lowest BCUT2D eigenvalue weighted by atomic mass is 9.83. The van der Waals surface area contributed by atoms with Crippen LogP contribution in [0, 0.1) is 0 Å². The molecule has 4 amide bonds. The van der Waals surface area contributed by atoms with Crippen LogP contribution in [0.5, 0.6) is 0 Å². The van der Waals surface area contributed by atoms with Gasteiger partial charge in [0.2, 0.25) is 5.71 Å². The summed E-state index contributed by atoms with van der Waals surface area (Å²) in [5.41, 5.74) is 1.77. The molecule has 0 saturated carbocycles. The third kappa shape index (κ3) is 7.75. The fraction of sp³-hybridized carbons (Fsp3) is 0.269. The van der Waals surface area contributed by atoms with E-state index < -0.39 is 35.1 Å². The molecule has 42 heavy (non-hydrogen) atoms. The molecule has 16 heteroatoms. The summed E-state index contributed by atoms with van der Waals surface area (Å²) in [5.74, 6) is -2.04. The number of carbonyl (C=O) groups is 4. The molecule has 13 nitrogen and oxygen atoms in total. The summed E-state index contributed by atoms with van der Waals surface area (Å²) >= 11 is 19.5. The number of hydrogen-bond donors (Lipinski definition) is 3. The number of alkyl carbamates (subject to hydrolysis) is 2. The highest BCUT2D eigenvalue weighted by Crippen LogP contribution is 2.41. The number of hydrazone groups is 1. The van der Waals surface area contributed by atoms with Crippen LogP contribution in [0.25, 0.3) is 11.5 Å². The Kier molecular flexibility index (Phi) is 10.9. The summed E-state index contributed by atoms with van der Waals surface area (Å²) in [7, 11) is 0. The molecule has 0 aliphatic rings. The van der Waals surface area contributed by atoms with E-state index in [1.165, 1.54) is 26.0 Å². The molecule has 1 heterocycles. The average molecular weight is 640 g/mol. The van der Waals surface area contributed by atoms with Gasteiger partial charge in [-0.1, -0.05) is 52.1 Å². The summed E-state index contributed by atoms with van der Waals surface area (Å²) in [6.07, 6.45) is -2.26. The fourth-order valence-corrected chi connectivity index (χ4v) is 4.71. The number of aromatic nitrogens is 2. The molecule has 0 aliphatic heterocycles. The molecule has 0 radical (unpaired) electrons. The highest BCUT2D eigenvalue weighted by molar-refractivity contribution is 6.66. The van der Waals surface area contributed by atoms with Crippen molar-refractivity contribution in [1.29, 1.82) is 0 Å². The highest BCUT2D eigenvalue weighted by atomic mass is 35.5. The van der Waals surface area contributed by atoms with Crippen molar-refractivity contribution in [3.05, 3.63) is 62.9 Å². The van der Waals surface area contributed by atoms with Crippen LogP contribution >= 0.6 is 34.8 Å². The van der Waals surface area contributed by atoms with Crippen molar-refractivity contribution in [2.75, 3.05) is 18.6 Å². The van der Waals surface area contributed by atoms with Gasteiger partial charge >= 0.3 is 12.2 Å². The molecule has 222 valence electrons. The first-order valence-electron chi connectivity index (χ1n) is 12.3. The van der Waals surface area contributed by atoms with Gasteiger partial charge in [-0.15, -0.1) is 0 Å². The second-order valence-electron chi connectivity index (χ2n) is 8.76. The Balaban J connectivity index is 1.90. The molecule has 0 aliphatic carbocycles. The number of halogens is 3. The molecule has 1 aromatic heterocycles. The van der Waals surface area contributed by atoms with E-state index in [2.05, 4.69) is 30.1 Å². The lowest BCUT2D eigenvalue weighted by molar-refractivity contribution is -0.118. The second-order valence-corrected chi connectivity index (χ2v) is 9.99. The van der Waals surface area contributed by atoms with Crippen LogP contribution < -0.4 is 16.1 Å². The number of anilines is 1. The Hall–Kier alpha value is -4.20. The van der Waals surface area contributed by atoms with Crippen LogP contribution in [-0.2, 0) is 24.5 Å². The van der Waals surface area contributed by atoms with Gasteiger partial charge in [-0.2, -0.15) is 10.1 Å². The number of carbonyl (C=O) groups excluding carboxylic acids is 4. The number of ether oxygens (including phenoxy) is 2. The zero-order valence-electron chi connectivity index (χ0n) is 22.7. The van der Waals surface area contributed by atoms with Crippen molar-refractivity contribution in [3.8, 4) is 11.5 Å². The number of imide groups is 2. The minimum atomic E-state index is -1.26. The van der Waals surface area contributed by atoms with Gasteiger partial charge in [-0.05, 0) is 52.0 Å². The molecular formula is C26H25Cl3N6O7. The maximum absolute atomic E-state index is 12.6. The van der Waals surface area contributed by atoms with Gasteiger partial charge in [0.1, 0.15) is 0 Å². The van der Waals surface area contributed by atoms with E-state index in [4.69, 9.17) is 39.3 Å². The monoisotopic (exact) mass is 638 g/mol. The van der Waals surface area contributed by atoms with E-state index in [1.807, 2.05) is 10.6 Å². The summed E-state index contributed by atoms with van der Waals surface area (Å²) in [5, 5.41) is 12.2. The maximum Gasteiger partial charge on any atom is 0.414 e. The van der Waals surface area contributed by atoms with Crippen LogP contribution in [0.3, 0.4) is 0 Å². The number of nitrogens with one attached hydrogen (secondary N) is 3. The van der Waals surface area contributed by atoms with Gasteiger partial charge in [-0.3, -0.25) is 25.6 Å². The summed E-state index contributed by atoms with van der Waals surface area (Å²) in [6, 6.07) is 9.84. The molecule has 3 N–H and O–H groups in total. The van der Waals surface area contributed by atoms with Crippen molar-refractivity contribution in [3.63, 3.8) is 0 Å². The lowest BCUT2D eigenvalue weighted by Crippen LogP contribution is -2.46. The maximum atomic E-state index is 12.6. The third-order valence-electron chi connectivity index (χ3n) is 5.47. The minimum Gasteiger partial charge on any atom is -0.450 e. The Morgan fingerprint density at radius 3 is 1.98 bits per heavy atom. The van der Waals surface area contributed by atoms with Crippen molar-refractivity contribution in [2.24, 2.45) is 5.10 Å². The van der Waals surface area contributed by atoms with Gasteiger partial charge in [0.05, 0.1) is 34.9 Å². The van der Waals surface area contributed by atoms with E-state index in [9.17, 15) is 19.2 Å². The first kappa shape index (κ1) is 32.3. The van der Waals surface area contributed by atoms with Crippen molar-refractivity contribution < 1.29 is 33.2 Å². The molecule has 0 spiro atoms. The van der Waals surface area contributed by atoms with Crippen LogP contribution in [0.15, 0.2) is 46.0 Å². The number of hydrogen-bond acceptors (Lipinski definition) is 11. The third-order valence-corrected chi connectivity index (χ3v) is 6.39. The van der Waals surface area contributed by atoms with Gasteiger partial charge < -0.3 is 14.0 Å². The van der Waals surface area contributed by atoms with Crippen LogP contribution in [0.2, 0.25) is 15.1 Å². The Bertz CT molecular complexity index is 1480. The standard InChI is InChI=1S/C26H25Cl3N6O7/c1-5-40-24(38)30-20(36)19(21(37)31-25(39)41-6-2)34-33-13-11-16(28)18(17(29)12-13)26(3,4)23-32-22(42-35-23)14-9-7-8-10-15(14)27/h7-12,33H,5-6H2,1-4H3,(H,30,36,38)(H,31,37,39). The normalized spacial score (nSPS) is 10.8. The summed E-state index contributed by atoms with van der Waals surface area (Å²) < 4.78 is 14.7. The molecule has 2 aromatic carbocycles. The van der Waals surface area contributed by atoms with E-state index in [-0.39, 0.29) is 40.7 Å². The topological polar surface area (TPSA) is 174 Å². The molecule has 0 atom stereocenters. The van der Waals surface area contributed by atoms with Crippen LogP contribution in [0.4, 0.5) is 15.3 Å². The van der Waals surface area contributed by atoms with Crippen LogP contribution in [0.1, 0.15) is 39.1 Å². The predicted octanol–water partition coefficient (Wildman–Crippen LogP) is 5.34. The molecule has 0 saturated heterocycles. The SMILES string of the molecule is CCOC(=O)NC(=O)C(=NNc1cc(Cl)c(C(C)(C)c2noc(-c3ccccc3Cl)n2)c(Cl)c1)C(=O)NC(=O)OCC. The largest absolute Gasteiger partial charge is 0.450 e. The molecule has 3 aromatic rings. The van der Waals surface area contributed by atoms with Gasteiger partial charge in [0, 0.05) is 15.6 Å². The molecule has 0 bridgehead atoms. The molecule has 3 rings (SSSR count). The first-order valence-corrected chi connectivity index (χ1v) is 13.4.